The molecule has 1 aliphatic carbocycles. The second kappa shape index (κ2) is 6.18. The Bertz CT molecular complexity index is 351. The van der Waals surface area contributed by atoms with Crippen LogP contribution in [0.25, 0.3) is 0 Å². The summed E-state index contributed by atoms with van der Waals surface area (Å²) >= 11 is 1.78. The zero-order valence-corrected chi connectivity index (χ0v) is 12.6. The monoisotopic (exact) mass is 267 g/mol. The van der Waals surface area contributed by atoms with Crippen molar-refractivity contribution in [2.45, 2.75) is 58.8 Å². The van der Waals surface area contributed by atoms with Crippen molar-refractivity contribution in [3.05, 3.63) is 22.4 Å². The van der Waals surface area contributed by atoms with Crippen molar-refractivity contribution in [3.63, 3.8) is 0 Å². The highest BCUT2D eigenvalue weighted by atomic mass is 32.1. The zero-order valence-electron chi connectivity index (χ0n) is 11.7. The standard InChI is InChI=1S/C15H25NOS/c1-4-8-16-13-10-14(15(13,3)5-2)17-11-12-7-6-9-18-12/h6-7,9,13-14,16H,4-5,8,10-11H2,1-3H3. The number of ether oxygens (including phenoxy) is 1. The molecule has 1 aliphatic rings. The fourth-order valence-corrected chi connectivity index (χ4v) is 3.39. The summed E-state index contributed by atoms with van der Waals surface area (Å²) in [5.74, 6) is 0. The highest BCUT2D eigenvalue weighted by Crippen LogP contribution is 2.46. The van der Waals surface area contributed by atoms with Crippen LogP contribution < -0.4 is 5.32 Å². The normalized spacial score (nSPS) is 31.3. The van der Waals surface area contributed by atoms with Crippen molar-refractivity contribution in [1.29, 1.82) is 0 Å². The van der Waals surface area contributed by atoms with E-state index in [0.717, 1.165) is 19.6 Å². The lowest BCUT2D eigenvalue weighted by Crippen LogP contribution is -2.62. The van der Waals surface area contributed by atoms with E-state index in [1.165, 1.54) is 17.7 Å². The molecule has 3 heteroatoms. The molecular formula is C15H25NOS. The average molecular weight is 267 g/mol. The molecule has 1 heterocycles. The second-order valence-electron chi connectivity index (χ2n) is 5.48. The molecule has 3 atom stereocenters. The number of hydrogen-bond acceptors (Lipinski definition) is 3. The molecule has 0 aromatic carbocycles. The molecule has 102 valence electrons. The SMILES string of the molecule is CCCNC1CC(OCc2cccs2)C1(C)CC. The van der Waals surface area contributed by atoms with E-state index in [1.54, 1.807) is 11.3 Å². The van der Waals surface area contributed by atoms with Crippen molar-refractivity contribution in [2.24, 2.45) is 5.41 Å². The van der Waals surface area contributed by atoms with Crippen LogP contribution in [0, 0.1) is 5.41 Å². The Balaban J connectivity index is 1.83. The van der Waals surface area contributed by atoms with Crippen molar-refractivity contribution >= 4 is 11.3 Å². The van der Waals surface area contributed by atoms with Gasteiger partial charge in [0.15, 0.2) is 0 Å². The molecule has 1 aromatic rings. The highest BCUT2D eigenvalue weighted by molar-refractivity contribution is 7.09. The van der Waals surface area contributed by atoms with E-state index in [1.807, 2.05) is 0 Å². The van der Waals surface area contributed by atoms with Crippen LogP contribution in [0.2, 0.25) is 0 Å². The Morgan fingerprint density at radius 1 is 1.50 bits per heavy atom. The van der Waals surface area contributed by atoms with Gasteiger partial charge in [0.2, 0.25) is 0 Å². The van der Waals surface area contributed by atoms with E-state index in [4.69, 9.17) is 4.74 Å². The van der Waals surface area contributed by atoms with Crippen LogP contribution >= 0.6 is 11.3 Å². The molecule has 18 heavy (non-hydrogen) atoms. The van der Waals surface area contributed by atoms with Crippen molar-refractivity contribution in [2.75, 3.05) is 6.54 Å². The summed E-state index contributed by atoms with van der Waals surface area (Å²) in [6.45, 7) is 8.76. The first kappa shape index (κ1) is 14.0. The molecule has 0 radical (unpaired) electrons. The van der Waals surface area contributed by atoms with Crippen molar-refractivity contribution < 1.29 is 4.74 Å². The second-order valence-corrected chi connectivity index (χ2v) is 6.51. The molecular weight excluding hydrogens is 242 g/mol. The maximum Gasteiger partial charge on any atom is 0.0813 e. The molecule has 1 aromatic heterocycles. The predicted octanol–water partition coefficient (Wildman–Crippen LogP) is 3.82. The highest BCUT2D eigenvalue weighted by Gasteiger charge is 2.50. The van der Waals surface area contributed by atoms with Gasteiger partial charge >= 0.3 is 0 Å². The van der Waals surface area contributed by atoms with Gasteiger partial charge in [-0.05, 0) is 37.3 Å². The van der Waals surface area contributed by atoms with E-state index in [9.17, 15) is 0 Å². The topological polar surface area (TPSA) is 21.3 Å². The quantitative estimate of drug-likeness (QED) is 0.811. The van der Waals surface area contributed by atoms with Gasteiger partial charge in [-0.25, -0.2) is 0 Å². The zero-order chi connectivity index (χ0) is 13.0. The first-order chi connectivity index (χ1) is 8.70. The Labute approximate surface area is 115 Å². The minimum absolute atomic E-state index is 0.312. The molecule has 1 fully saturated rings. The molecule has 0 aliphatic heterocycles. The van der Waals surface area contributed by atoms with E-state index in [2.05, 4.69) is 43.6 Å². The Morgan fingerprint density at radius 3 is 2.94 bits per heavy atom. The van der Waals surface area contributed by atoms with E-state index in [0.29, 0.717) is 17.6 Å². The lowest BCUT2D eigenvalue weighted by molar-refractivity contribution is -0.135. The van der Waals surface area contributed by atoms with Crippen molar-refractivity contribution in [3.8, 4) is 0 Å². The molecule has 1 saturated carbocycles. The van der Waals surface area contributed by atoms with Gasteiger partial charge in [-0.15, -0.1) is 11.3 Å². The van der Waals surface area contributed by atoms with E-state index < -0.39 is 0 Å². The van der Waals surface area contributed by atoms with Crippen LogP contribution in [0.1, 0.15) is 44.9 Å². The minimum atomic E-state index is 0.312. The first-order valence-corrected chi connectivity index (χ1v) is 7.96. The largest absolute Gasteiger partial charge is 0.372 e. The van der Waals surface area contributed by atoms with Gasteiger partial charge in [-0.1, -0.05) is 26.8 Å². The third kappa shape index (κ3) is 2.79. The molecule has 2 rings (SSSR count). The minimum Gasteiger partial charge on any atom is -0.372 e. The van der Waals surface area contributed by atoms with Crippen LogP contribution in [-0.2, 0) is 11.3 Å². The molecule has 3 unspecified atom stereocenters. The van der Waals surface area contributed by atoms with Crippen LogP contribution in [0.5, 0.6) is 0 Å². The van der Waals surface area contributed by atoms with Gasteiger partial charge in [0.25, 0.3) is 0 Å². The maximum absolute atomic E-state index is 6.11. The molecule has 0 bridgehead atoms. The lowest BCUT2D eigenvalue weighted by atomic mass is 9.61. The van der Waals surface area contributed by atoms with Crippen LogP contribution in [0.15, 0.2) is 17.5 Å². The molecule has 0 saturated heterocycles. The lowest BCUT2D eigenvalue weighted by Gasteiger charge is -2.54. The fraction of sp³-hybridized carbons (Fsp3) is 0.733. The van der Waals surface area contributed by atoms with Gasteiger partial charge < -0.3 is 10.1 Å². The van der Waals surface area contributed by atoms with Crippen LogP contribution in [-0.4, -0.2) is 18.7 Å². The summed E-state index contributed by atoms with van der Waals surface area (Å²) in [7, 11) is 0. The summed E-state index contributed by atoms with van der Waals surface area (Å²) in [5.41, 5.74) is 0.312. The smallest absolute Gasteiger partial charge is 0.0813 e. The summed E-state index contributed by atoms with van der Waals surface area (Å²) in [6, 6.07) is 4.88. The molecule has 0 spiro atoms. The first-order valence-electron chi connectivity index (χ1n) is 7.08. The fourth-order valence-electron chi connectivity index (χ4n) is 2.76. The maximum atomic E-state index is 6.11. The van der Waals surface area contributed by atoms with E-state index >= 15 is 0 Å². The third-order valence-electron chi connectivity index (χ3n) is 4.39. The van der Waals surface area contributed by atoms with Gasteiger partial charge in [0, 0.05) is 16.3 Å². The third-order valence-corrected chi connectivity index (χ3v) is 5.24. The van der Waals surface area contributed by atoms with E-state index in [-0.39, 0.29) is 0 Å². The average Bonchev–Trinajstić information content (AvgIpc) is 2.89. The molecule has 2 nitrogen and oxygen atoms in total. The summed E-state index contributed by atoms with van der Waals surface area (Å²) in [5, 5.41) is 5.77. The number of rotatable bonds is 7. The predicted molar refractivity (Wildman–Crippen MR) is 78.0 cm³/mol. The summed E-state index contributed by atoms with van der Waals surface area (Å²) in [6.07, 6.45) is 3.97. The Hall–Kier alpha value is -0.380. The van der Waals surface area contributed by atoms with Crippen LogP contribution in [0.3, 0.4) is 0 Å². The van der Waals surface area contributed by atoms with Gasteiger partial charge in [-0.2, -0.15) is 0 Å². The van der Waals surface area contributed by atoms with Gasteiger partial charge in [0.1, 0.15) is 0 Å². The van der Waals surface area contributed by atoms with Gasteiger partial charge in [0.05, 0.1) is 12.7 Å². The molecule has 1 N–H and O–H groups in total. The number of nitrogens with one attached hydrogen (secondary N) is 1. The Kier molecular flexibility index (Phi) is 4.82. The molecule has 0 amide bonds. The Morgan fingerprint density at radius 2 is 2.33 bits per heavy atom. The number of thiophene rings is 1. The van der Waals surface area contributed by atoms with Crippen molar-refractivity contribution in [1.82, 2.24) is 5.32 Å². The van der Waals surface area contributed by atoms with Gasteiger partial charge in [-0.3, -0.25) is 0 Å². The summed E-state index contributed by atoms with van der Waals surface area (Å²) < 4.78 is 6.11. The number of hydrogen-bond donors (Lipinski definition) is 1. The summed E-state index contributed by atoms with van der Waals surface area (Å²) in [4.78, 5) is 1.33. The van der Waals surface area contributed by atoms with Crippen LogP contribution in [0.4, 0.5) is 0 Å².